The molecule has 0 N–H and O–H groups in total. The molecule has 1 aliphatic rings. The van der Waals surface area contributed by atoms with Crippen LogP contribution in [0.25, 0.3) is 21.8 Å². The third-order valence-corrected chi connectivity index (χ3v) is 5.52. The third-order valence-electron chi connectivity index (χ3n) is 5.52. The average Bonchev–Trinajstić information content (AvgIpc) is 3.22. The number of rotatable bonds is 5. The molecule has 0 amide bonds. The Labute approximate surface area is 190 Å². The van der Waals surface area contributed by atoms with Gasteiger partial charge in [0.15, 0.2) is 0 Å². The molecule has 0 radical (unpaired) electrons. The van der Waals surface area contributed by atoms with E-state index in [-0.39, 0.29) is 11.5 Å². The summed E-state index contributed by atoms with van der Waals surface area (Å²) < 4.78 is 2.25. The van der Waals surface area contributed by atoms with Gasteiger partial charge in [-0.25, -0.2) is 9.59 Å². The van der Waals surface area contributed by atoms with Gasteiger partial charge >= 0.3 is 11.9 Å². The van der Waals surface area contributed by atoms with E-state index >= 15 is 0 Å². The van der Waals surface area contributed by atoms with Crippen LogP contribution < -0.4 is 0 Å². The standard InChI is InChI=1S/C25H25N3O5/c1-13(2)12-28-23-7-6-17(14(3)26-32-15(4)29)8-20(23)21-11-19-18(10-24(21)28)9-22(25(19)31)27-33-16(5)30/h6-8,10-11,13H,9,12H2,1-5H3/b26-14+,27-22+. The van der Waals surface area contributed by atoms with Gasteiger partial charge < -0.3 is 14.2 Å². The number of nitrogens with zero attached hydrogens (tertiary/aromatic N) is 3. The second-order valence-electron chi connectivity index (χ2n) is 8.65. The van der Waals surface area contributed by atoms with E-state index in [4.69, 9.17) is 9.68 Å². The average molecular weight is 447 g/mol. The van der Waals surface area contributed by atoms with Crippen LogP contribution in [-0.2, 0) is 32.2 Å². The number of fused-ring (bicyclic) bond motifs is 4. The van der Waals surface area contributed by atoms with Crippen LogP contribution in [0.3, 0.4) is 0 Å². The van der Waals surface area contributed by atoms with E-state index in [1.54, 1.807) is 6.92 Å². The molecule has 1 aliphatic carbocycles. The molecule has 0 spiro atoms. The number of benzene rings is 2. The van der Waals surface area contributed by atoms with Crippen LogP contribution in [-0.4, -0.2) is 33.7 Å². The minimum absolute atomic E-state index is 0.220. The maximum absolute atomic E-state index is 12.9. The van der Waals surface area contributed by atoms with E-state index in [0.29, 0.717) is 23.6 Å². The number of carbonyl (C=O) groups is 3. The summed E-state index contributed by atoms with van der Waals surface area (Å²) in [5.41, 5.74) is 5.10. The van der Waals surface area contributed by atoms with Crippen molar-refractivity contribution in [2.24, 2.45) is 16.2 Å². The summed E-state index contributed by atoms with van der Waals surface area (Å²) in [7, 11) is 0. The van der Waals surface area contributed by atoms with Gasteiger partial charge in [0.25, 0.3) is 0 Å². The highest BCUT2D eigenvalue weighted by Gasteiger charge is 2.29. The summed E-state index contributed by atoms with van der Waals surface area (Å²) in [4.78, 5) is 44.6. The first-order valence-corrected chi connectivity index (χ1v) is 10.8. The fourth-order valence-corrected chi connectivity index (χ4v) is 4.13. The summed E-state index contributed by atoms with van der Waals surface area (Å²) >= 11 is 0. The van der Waals surface area contributed by atoms with Crippen LogP contribution in [0, 0.1) is 5.92 Å². The van der Waals surface area contributed by atoms with Crippen LogP contribution in [0.2, 0.25) is 0 Å². The Kier molecular flexibility index (Phi) is 5.84. The Morgan fingerprint density at radius 2 is 1.70 bits per heavy atom. The van der Waals surface area contributed by atoms with Crippen molar-refractivity contribution in [3.8, 4) is 0 Å². The summed E-state index contributed by atoms with van der Waals surface area (Å²) in [6.45, 7) is 9.44. The molecule has 8 heteroatoms. The summed E-state index contributed by atoms with van der Waals surface area (Å²) in [6, 6.07) is 9.89. The number of ketones is 1. The van der Waals surface area contributed by atoms with Gasteiger partial charge in [0, 0.05) is 54.2 Å². The van der Waals surface area contributed by atoms with Crippen LogP contribution in [0.15, 0.2) is 40.6 Å². The van der Waals surface area contributed by atoms with Crippen molar-refractivity contribution in [2.75, 3.05) is 0 Å². The molecule has 3 aromatic rings. The largest absolute Gasteiger partial charge is 0.340 e. The normalized spacial score (nSPS) is 15.0. The molecule has 0 bridgehead atoms. The zero-order valence-corrected chi connectivity index (χ0v) is 19.3. The van der Waals surface area contributed by atoms with E-state index in [2.05, 4.69) is 28.7 Å². The molecule has 1 aromatic heterocycles. The van der Waals surface area contributed by atoms with Crippen molar-refractivity contribution in [1.29, 1.82) is 0 Å². The second-order valence-corrected chi connectivity index (χ2v) is 8.65. The van der Waals surface area contributed by atoms with Gasteiger partial charge in [0.1, 0.15) is 5.71 Å². The molecule has 170 valence electrons. The number of oxime groups is 2. The quantitative estimate of drug-likeness (QED) is 0.328. The van der Waals surface area contributed by atoms with Crippen LogP contribution in [0.1, 0.15) is 56.1 Å². The first-order valence-electron chi connectivity index (χ1n) is 10.8. The highest BCUT2D eigenvalue weighted by Crippen LogP contribution is 2.35. The Morgan fingerprint density at radius 1 is 1.00 bits per heavy atom. The Morgan fingerprint density at radius 3 is 2.36 bits per heavy atom. The van der Waals surface area contributed by atoms with Gasteiger partial charge in [-0.2, -0.15) is 0 Å². The van der Waals surface area contributed by atoms with Crippen LogP contribution in [0.4, 0.5) is 0 Å². The lowest BCUT2D eigenvalue weighted by atomic mass is 10.0. The molecule has 1 heterocycles. The van der Waals surface area contributed by atoms with Gasteiger partial charge in [0.2, 0.25) is 5.78 Å². The molecular formula is C25H25N3O5. The van der Waals surface area contributed by atoms with Gasteiger partial charge in [-0.3, -0.25) is 4.79 Å². The van der Waals surface area contributed by atoms with E-state index in [1.807, 2.05) is 30.3 Å². The Hall–Kier alpha value is -3.81. The zero-order chi connectivity index (χ0) is 23.9. The lowest BCUT2D eigenvalue weighted by Crippen LogP contribution is -2.09. The summed E-state index contributed by atoms with van der Waals surface area (Å²) in [5.74, 6) is -0.873. The molecule has 4 rings (SSSR count). The summed E-state index contributed by atoms with van der Waals surface area (Å²) in [5, 5.41) is 9.56. The molecule has 0 aliphatic heterocycles. The van der Waals surface area contributed by atoms with Gasteiger partial charge in [-0.1, -0.05) is 30.2 Å². The predicted octanol–water partition coefficient (Wildman–Crippen LogP) is 4.40. The summed E-state index contributed by atoms with van der Waals surface area (Å²) in [6.07, 6.45) is 0.319. The van der Waals surface area contributed by atoms with Gasteiger partial charge in [-0.15, -0.1) is 0 Å². The SMILES string of the molecule is CC(=O)O/N=C1\Cc2cc3c(cc2C1=O)c1cc(/C(C)=N/OC(C)=O)ccc1n3CC(C)C. The van der Waals surface area contributed by atoms with E-state index in [1.165, 1.54) is 13.8 Å². The molecule has 0 atom stereocenters. The number of hydrogen-bond donors (Lipinski definition) is 0. The second kappa shape index (κ2) is 8.61. The maximum atomic E-state index is 12.9. The minimum atomic E-state index is -0.566. The van der Waals surface area contributed by atoms with Crippen molar-refractivity contribution in [1.82, 2.24) is 4.57 Å². The molecule has 0 saturated heterocycles. The first-order chi connectivity index (χ1) is 15.7. The van der Waals surface area contributed by atoms with Crippen molar-refractivity contribution in [3.63, 3.8) is 0 Å². The van der Waals surface area contributed by atoms with Gasteiger partial charge in [-0.05, 0) is 48.2 Å². The molecule has 0 fully saturated rings. The number of aromatic nitrogens is 1. The molecule has 33 heavy (non-hydrogen) atoms. The predicted molar refractivity (Wildman–Crippen MR) is 125 cm³/mol. The number of Topliss-reactive ketones (excluding diaryl/α,β-unsaturated/α-hetero) is 1. The molecule has 2 aromatic carbocycles. The molecule has 8 nitrogen and oxygen atoms in total. The van der Waals surface area contributed by atoms with Crippen LogP contribution in [0.5, 0.6) is 0 Å². The minimum Gasteiger partial charge on any atom is -0.340 e. The highest BCUT2D eigenvalue weighted by atomic mass is 16.7. The number of hydrogen-bond acceptors (Lipinski definition) is 7. The molecule has 0 saturated carbocycles. The lowest BCUT2D eigenvalue weighted by molar-refractivity contribution is -0.141. The van der Waals surface area contributed by atoms with E-state index < -0.39 is 11.9 Å². The zero-order valence-electron chi connectivity index (χ0n) is 19.3. The van der Waals surface area contributed by atoms with Crippen molar-refractivity contribution in [2.45, 2.75) is 47.6 Å². The molecular weight excluding hydrogens is 422 g/mol. The Bertz CT molecular complexity index is 1380. The number of carbonyl (C=O) groups excluding carboxylic acids is 3. The first kappa shape index (κ1) is 22.4. The van der Waals surface area contributed by atoms with E-state index in [0.717, 1.165) is 39.5 Å². The Balaban J connectivity index is 1.90. The third kappa shape index (κ3) is 4.28. The van der Waals surface area contributed by atoms with Crippen LogP contribution >= 0.6 is 0 Å². The maximum Gasteiger partial charge on any atom is 0.331 e. The van der Waals surface area contributed by atoms with Crippen molar-refractivity contribution in [3.05, 3.63) is 47.0 Å². The van der Waals surface area contributed by atoms with E-state index in [9.17, 15) is 14.4 Å². The van der Waals surface area contributed by atoms with Crippen molar-refractivity contribution >= 4 is 51.0 Å². The smallest absolute Gasteiger partial charge is 0.331 e. The van der Waals surface area contributed by atoms with Crippen molar-refractivity contribution < 1.29 is 24.1 Å². The van der Waals surface area contributed by atoms with Gasteiger partial charge in [0.05, 0.1) is 5.71 Å². The molecule has 0 unspecified atom stereocenters. The monoisotopic (exact) mass is 447 g/mol. The fourth-order valence-electron chi connectivity index (χ4n) is 4.13. The highest BCUT2D eigenvalue weighted by molar-refractivity contribution is 6.49. The fraction of sp³-hybridized carbons (Fsp3) is 0.320. The topological polar surface area (TPSA) is 99.3 Å². The lowest BCUT2D eigenvalue weighted by Gasteiger charge is -2.11.